The SMILES string of the molecule is Cc1c2c(c(C(C)(C)C)c3ccccc13)Oc1cc3c(CC(C)(C)C)cccc3c3cc[n+](C)c-2c13. The minimum Gasteiger partial charge on any atom is -0.455 e. The summed E-state index contributed by atoms with van der Waals surface area (Å²) in [4.78, 5) is 0. The number of nitrogens with zero attached hydrogens (tertiary/aromatic N) is 1. The van der Waals surface area contributed by atoms with Gasteiger partial charge in [-0.1, -0.05) is 84.0 Å². The smallest absolute Gasteiger partial charge is 0.228 e. The number of hydrogen-bond acceptors (Lipinski definition) is 1. The van der Waals surface area contributed by atoms with Crippen LogP contribution in [0.15, 0.2) is 60.8 Å². The number of aromatic nitrogens is 1. The predicted molar refractivity (Wildman–Crippen MR) is 152 cm³/mol. The monoisotopic (exact) mass is 474 g/mol. The van der Waals surface area contributed by atoms with Gasteiger partial charge in [0.15, 0.2) is 6.20 Å². The lowest BCUT2D eigenvalue weighted by molar-refractivity contribution is -0.659. The minimum absolute atomic E-state index is 0.0738. The van der Waals surface area contributed by atoms with Crippen molar-refractivity contribution < 1.29 is 9.30 Å². The van der Waals surface area contributed by atoms with Crippen LogP contribution >= 0.6 is 0 Å². The van der Waals surface area contributed by atoms with Crippen LogP contribution in [0, 0.1) is 12.3 Å². The van der Waals surface area contributed by atoms with Gasteiger partial charge in [-0.3, -0.25) is 0 Å². The summed E-state index contributed by atoms with van der Waals surface area (Å²) in [6.07, 6.45) is 3.24. The highest BCUT2D eigenvalue weighted by Crippen LogP contribution is 2.54. The number of benzene rings is 4. The normalized spacial score (nSPS) is 13.3. The molecule has 0 saturated carbocycles. The van der Waals surface area contributed by atoms with E-state index in [0.29, 0.717) is 0 Å². The zero-order chi connectivity index (χ0) is 25.6. The fourth-order valence-electron chi connectivity index (χ4n) is 6.27. The summed E-state index contributed by atoms with van der Waals surface area (Å²) in [5.41, 5.74) is 6.55. The van der Waals surface area contributed by atoms with Crippen LogP contribution in [0.4, 0.5) is 0 Å². The van der Waals surface area contributed by atoms with Gasteiger partial charge in [-0.15, -0.1) is 0 Å². The van der Waals surface area contributed by atoms with Crippen molar-refractivity contribution in [3.8, 4) is 22.8 Å². The molecule has 0 aliphatic carbocycles. The Kier molecular flexibility index (Phi) is 4.83. The molecule has 2 heteroatoms. The van der Waals surface area contributed by atoms with Gasteiger partial charge in [0, 0.05) is 17.0 Å². The molecule has 0 unspecified atom stereocenters. The van der Waals surface area contributed by atoms with Gasteiger partial charge < -0.3 is 4.74 Å². The zero-order valence-corrected chi connectivity index (χ0v) is 22.8. The first kappa shape index (κ1) is 23.0. The number of aryl methyl sites for hydroxylation is 2. The van der Waals surface area contributed by atoms with Gasteiger partial charge in [0.1, 0.15) is 18.5 Å². The third kappa shape index (κ3) is 3.34. The summed E-state index contributed by atoms with van der Waals surface area (Å²) in [7, 11) is 2.17. The molecule has 4 aromatic carbocycles. The molecule has 1 aliphatic rings. The molecule has 0 fully saturated rings. The molecule has 0 N–H and O–H groups in total. The Morgan fingerprint density at radius 2 is 1.47 bits per heavy atom. The predicted octanol–water partition coefficient (Wildman–Crippen LogP) is 8.94. The Balaban J connectivity index is 1.80. The van der Waals surface area contributed by atoms with E-state index in [9.17, 15) is 0 Å². The first-order valence-corrected chi connectivity index (χ1v) is 13.1. The van der Waals surface area contributed by atoms with E-state index in [1.165, 1.54) is 60.3 Å². The molecule has 182 valence electrons. The van der Waals surface area contributed by atoms with Gasteiger partial charge in [0.2, 0.25) is 5.69 Å². The van der Waals surface area contributed by atoms with E-state index < -0.39 is 0 Å². The Hall–Kier alpha value is -3.39. The Labute approximate surface area is 214 Å². The molecule has 1 aliphatic heterocycles. The average molecular weight is 475 g/mol. The fourth-order valence-corrected chi connectivity index (χ4v) is 6.27. The number of ether oxygens (including phenoxy) is 1. The Bertz CT molecular complexity index is 1710. The highest BCUT2D eigenvalue weighted by atomic mass is 16.5. The third-order valence-electron chi connectivity index (χ3n) is 7.68. The van der Waals surface area contributed by atoms with E-state index in [1.54, 1.807) is 0 Å². The molecule has 1 aromatic heterocycles. The van der Waals surface area contributed by atoms with Crippen LogP contribution in [-0.2, 0) is 18.9 Å². The van der Waals surface area contributed by atoms with E-state index in [2.05, 4.69) is 121 Å². The second-order valence-electron chi connectivity index (χ2n) is 12.8. The molecule has 0 saturated heterocycles. The maximum atomic E-state index is 7.03. The fraction of sp³-hybridized carbons (Fsp3) is 0.324. The van der Waals surface area contributed by atoms with Crippen molar-refractivity contribution in [1.29, 1.82) is 0 Å². The molecule has 0 bridgehead atoms. The van der Waals surface area contributed by atoms with Gasteiger partial charge in [-0.2, -0.15) is 0 Å². The highest BCUT2D eigenvalue weighted by molar-refractivity contribution is 6.16. The molecule has 0 amide bonds. The minimum atomic E-state index is -0.0738. The van der Waals surface area contributed by atoms with E-state index >= 15 is 0 Å². The van der Waals surface area contributed by atoms with Crippen LogP contribution in [-0.4, -0.2) is 0 Å². The molecule has 0 radical (unpaired) electrons. The van der Waals surface area contributed by atoms with Crippen LogP contribution in [0.3, 0.4) is 0 Å². The lowest BCUT2D eigenvalue weighted by Gasteiger charge is -2.31. The largest absolute Gasteiger partial charge is 0.455 e. The molecular weight excluding hydrogens is 438 g/mol. The molecule has 6 rings (SSSR count). The molecule has 2 nitrogen and oxygen atoms in total. The summed E-state index contributed by atoms with van der Waals surface area (Å²) >= 11 is 0. The molecule has 36 heavy (non-hydrogen) atoms. The van der Waals surface area contributed by atoms with Crippen molar-refractivity contribution in [2.75, 3.05) is 0 Å². The van der Waals surface area contributed by atoms with Crippen LogP contribution in [0.5, 0.6) is 11.5 Å². The second kappa shape index (κ2) is 7.56. The summed E-state index contributed by atoms with van der Waals surface area (Å²) in [6, 6.07) is 20.2. The van der Waals surface area contributed by atoms with Crippen molar-refractivity contribution in [1.82, 2.24) is 0 Å². The molecule has 5 aromatic rings. The highest BCUT2D eigenvalue weighted by Gasteiger charge is 2.36. The first-order chi connectivity index (χ1) is 17.0. The van der Waals surface area contributed by atoms with Crippen LogP contribution in [0.1, 0.15) is 58.2 Å². The first-order valence-electron chi connectivity index (χ1n) is 13.1. The van der Waals surface area contributed by atoms with Crippen molar-refractivity contribution in [2.24, 2.45) is 12.5 Å². The lowest BCUT2D eigenvalue weighted by Crippen LogP contribution is -2.32. The van der Waals surface area contributed by atoms with Crippen molar-refractivity contribution >= 4 is 32.3 Å². The van der Waals surface area contributed by atoms with Crippen molar-refractivity contribution in [3.05, 3.63) is 77.5 Å². The van der Waals surface area contributed by atoms with Gasteiger partial charge in [-0.05, 0) is 62.9 Å². The van der Waals surface area contributed by atoms with Crippen LogP contribution < -0.4 is 9.30 Å². The molecule has 2 heterocycles. The molecule has 0 spiro atoms. The second-order valence-corrected chi connectivity index (χ2v) is 12.8. The van der Waals surface area contributed by atoms with Gasteiger partial charge in [-0.25, -0.2) is 4.57 Å². The molecule has 0 atom stereocenters. The zero-order valence-electron chi connectivity index (χ0n) is 22.8. The topological polar surface area (TPSA) is 13.1 Å². The lowest BCUT2D eigenvalue weighted by atomic mass is 9.78. The quantitative estimate of drug-likeness (QED) is 0.171. The summed E-state index contributed by atoms with van der Waals surface area (Å²) < 4.78 is 9.31. The van der Waals surface area contributed by atoms with Crippen LogP contribution in [0.2, 0.25) is 0 Å². The number of pyridine rings is 1. The van der Waals surface area contributed by atoms with E-state index in [0.717, 1.165) is 17.9 Å². The Morgan fingerprint density at radius 1 is 0.778 bits per heavy atom. The number of rotatable bonds is 1. The van der Waals surface area contributed by atoms with Gasteiger partial charge in [0.05, 0.1) is 10.9 Å². The summed E-state index contributed by atoms with van der Waals surface area (Å²) in [6.45, 7) is 16.1. The van der Waals surface area contributed by atoms with Crippen LogP contribution in [0.25, 0.3) is 43.6 Å². The van der Waals surface area contributed by atoms with E-state index in [4.69, 9.17) is 4.74 Å². The van der Waals surface area contributed by atoms with Gasteiger partial charge >= 0.3 is 0 Å². The number of hydrogen-bond donors (Lipinski definition) is 0. The summed E-state index contributed by atoms with van der Waals surface area (Å²) in [5, 5.41) is 7.67. The summed E-state index contributed by atoms with van der Waals surface area (Å²) in [5.74, 6) is 1.99. The third-order valence-corrected chi connectivity index (χ3v) is 7.68. The van der Waals surface area contributed by atoms with Crippen molar-refractivity contribution in [2.45, 2.75) is 60.3 Å². The standard InChI is InChI=1S/C34H36NO/c1-20-22-13-9-10-14-25(22)30(34(5,6)7)32-28(20)31-29-24(16-17-35(31)8)23-15-11-12-21(19-33(2,3)4)26(23)18-27(29)36-32/h9-18H,19H2,1-8H3/q+1. The average Bonchev–Trinajstić information content (AvgIpc) is 2.79. The van der Waals surface area contributed by atoms with E-state index in [-0.39, 0.29) is 10.8 Å². The van der Waals surface area contributed by atoms with Gasteiger partial charge in [0.25, 0.3) is 0 Å². The van der Waals surface area contributed by atoms with E-state index in [1.807, 2.05) is 0 Å². The molecular formula is C34H36NO+. The number of fused-ring (bicyclic) bond motifs is 5. The maximum absolute atomic E-state index is 7.03. The van der Waals surface area contributed by atoms with Crippen molar-refractivity contribution in [3.63, 3.8) is 0 Å². The Morgan fingerprint density at radius 3 is 2.17 bits per heavy atom. The maximum Gasteiger partial charge on any atom is 0.228 e.